The van der Waals surface area contributed by atoms with Gasteiger partial charge in [0.2, 0.25) is 5.88 Å². The van der Waals surface area contributed by atoms with Gasteiger partial charge in [0.25, 0.3) is 5.91 Å². The minimum atomic E-state index is -0.00824. The van der Waals surface area contributed by atoms with Gasteiger partial charge in [-0.05, 0) is 45.7 Å². The molecule has 0 saturated carbocycles. The van der Waals surface area contributed by atoms with Gasteiger partial charge in [-0.2, -0.15) is 5.10 Å². The van der Waals surface area contributed by atoms with E-state index in [-0.39, 0.29) is 24.4 Å². The highest BCUT2D eigenvalue weighted by molar-refractivity contribution is 5.95. The molecule has 3 heterocycles. The standard InChI is InChI=1S/C17H24N6O2.ClH/c1-4-25-16-6-5-15(20-21-16)23-12(3)14(9-19-23)17(24)22-10-13(8-18)7-11(22)2;/h5-6,9,11,13H,4,7-8,10,18H2,1-3H3;1H. The summed E-state index contributed by atoms with van der Waals surface area (Å²) in [5.41, 5.74) is 7.09. The largest absolute Gasteiger partial charge is 0.477 e. The van der Waals surface area contributed by atoms with Crippen molar-refractivity contribution >= 4 is 18.3 Å². The second-order valence-electron chi connectivity index (χ2n) is 6.36. The zero-order chi connectivity index (χ0) is 18.0. The van der Waals surface area contributed by atoms with Gasteiger partial charge < -0.3 is 15.4 Å². The summed E-state index contributed by atoms with van der Waals surface area (Å²) < 4.78 is 6.92. The molecule has 26 heavy (non-hydrogen) atoms. The Hall–Kier alpha value is -2.19. The lowest BCUT2D eigenvalue weighted by Gasteiger charge is -2.21. The number of hydrogen-bond donors (Lipinski definition) is 1. The Balaban J connectivity index is 0.00000243. The highest BCUT2D eigenvalue weighted by atomic mass is 35.5. The van der Waals surface area contributed by atoms with Gasteiger partial charge in [-0.1, -0.05) is 0 Å². The van der Waals surface area contributed by atoms with Crippen molar-refractivity contribution in [3.8, 4) is 11.7 Å². The average Bonchev–Trinajstić information content (AvgIpc) is 3.18. The van der Waals surface area contributed by atoms with Gasteiger partial charge in [-0.15, -0.1) is 22.6 Å². The van der Waals surface area contributed by atoms with Crippen LogP contribution in [0.25, 0.3) is 5.82 Å². The molecule has 3 rings (SSSR count). The van der Waals surface area contributed by atoms with Crippen molar-refractivity contribution < 1.29 is 9.53 Å². The Morgan fingerprint density at radius 3 is 2.73 bits per heavy atom. The fraction of sp³-hybridized carbons (Fsp3) is 0.529. The molecule has 0 bridgehead atoms. The van der Waals surface area contributed by atoms with Crippen molar-refractivity contribution in [1.82, 2.24) is 24.9 Å². The average molecular weight is 381 g/mol. The molecule has 1 saturated heterocycles. The van der Waals surface area contributed by atoms with Gasteiger partial charge in [0.15, 0.2) is 5.82 Å². The number of hydrogen-bond acceptors (Lipinski definition) is 6. The lowest BCUT2D eigenvalue weighted by molar-refractivity contribution is 0.0742. The molecule has 0 aliphatic carbocycles. The third-order valence-corrected chi connectivity index (χ3v) is 4.63. The molecule has 2 atom stereocenters. The number of carbonyl (C=O) groups is 1. The van der Waals surface area contributed by atoms with E-state index in [9.17, 15) is 4.79 Å². The monoisotopic (exact) mass is 380 g/mol. The van der Waals surface area contributed by atoms with Crippen LogP contribution in [-0.4, -0.2) is 56.5 Å². The number of aromatic nitrogens is 4. The molecule has 0 spiro atoms. The zero-order valence-electron chi connectivity index (χ0n) is 15.3. The van der Waals surface area contributed by atoms with Crippen molar-refractivity contribution in [2.75, 3.05) is 19.7 Å². The highest BCUT2D eigenvalue weighted by Crippen LogP contribution is 2.25. The molecular formula is C17H25ClN6O2. The molecule has 1 amide bonds. The highest BCUT2D eigenvalue weighted by Gasteiger charge is 2.33. The molecule has 1 aliphatic rings. The van der Waals surface area contributed by atoms with E-state index in [4.69, 9.17) is 10.5 Å². The predicted molar refractivity (Wildman–Crippen MR) is 100.0 cm³/mol. The number of likely N-dealkylation sites (tertiary alicyclic amines) is 1. The summed E-state index contributed by atoms with van der Waals surface area (Å²) in [5, 5.41) is 12.5. The number of ether oxygens (including phenoxy) is 1. The van der Waals surface area contributed by atoms with Crippen LogP contribution in [-0.2, 0) is 0 Å². The quantitative estimate of drug-likeness (QED) is 0.845. The molecule has 1 aliphatic heterocycles. The number of nitrogens with zero attached hydrogens (tertiary/aromatic N) is 5. The van der Waals surface area contributed by atoms with Crippen LogP contribution in [0.5, 0.6) is 5.88 Å². The molecule has 0 aromatic carbocycles. The molecule has 8 nitrogen and oxygen atoms in total. The third-order valence-electron chi connectivity index (χ3n) is 4.63. The van der Waals surface area contributed by atoms with Crippen LogP contribution in [0.1, 0.15) is 36.3 Å². The van der Waals surface area contributed by atoms with Crippen LogP contribution in [0.3, 0.4) is 0 Å². The summed E-state index contributed by atoms with van der Waals surface area (Å²) in [5.74, 6) is 1.37. The van der Waals surface area contributed by atoms with Crippen LogP contribution >= 0.6 is 12.4 Å². The van der Waals surface area contributed by atoms with Crippen LogP contribution in [0, 0.1) is 12.8 Å². The zero-order valence-corrected chi connectivity index (χ0v) is 16.1. The first-order chi connectivity index (χ1) is 12.0. The number of halogens is 1. The van der Waals surface area contributed by atoms with Crippen LogP contribution in [0.2, 0.25) is 0 Å². The van der Waals surface area contributed by atoms with Crippen molar-refractivity contribution in [3.05, 3.63) is 29.6 Å². The van der Waals surface area contributed by atoms with E-state index >= 15 is 0 Å². The minimum absolute atomic E-state index is 0. The molecule has 2 aromatic rings. The Kier molecular flexibility index (Phi) is 6.55. The lowest BCUT2D eigenvalue weighted by Crippen LogP contribution is -2.34. The summed E-state index contributed by atoms with van der Waals surface area (Å²) in [7, 11) is 0. The predicted octanol–water partition coefficient (Wildman–Crippen LogP) is 1.60. The molecule has 2 unspecified atom stereocenters. The summed E-state index contributed by atoms with van der Waals surface area (Å²) in [6.07, 6.45) is 2.54. The molecule has 0 radical (unpaired) electrons. The summed E-state index contributed by atoms with van der Waals surface area (Å²) >= 11 is 0. The van der Waals surface area contributed by atoms with E-state index in [1.54, 1.807) is 23.0 Å². The molecule has 2 aromatic heterocycles. The second kappa shape index (κ2) is 8.46. The number of carbonyl (C=O) groups excluding carboxylic acids is 1. The maximum atomic E-state index is 12.9. The van der Waals surface area contributed by atoms with Crippen molar-refractivity contribution in [2.24, 2.45) is 11.7 Å². The van der Waals surface area contributed by atoms with E-state index < -0.39 is 0 Å². The Morgan fingerprint density at radius 2 is 2.15 bits per heavy atom. The number of rotatable bonds is 5. The first kappa shape index (κ1) is 20.1. The third kappa shape index (κ3) is 3.81. The molecule has 142 valence electrons. The Bertz CT molecular complexity index is 748. The van der Waals surface area contributed by atoms with Crippen LogP contribution in [0.15, 0.2) is 18.3 Å². The van der Waals surface area contributed by atoms with Gasteiger partial charge in [-0.25, -0.2) is 4.68 Å². The van der Waals surface area contributed by atoms with E-state index in [1.165, 1.54) is 0 Å². The molecule has 1 fully saturated rings. The van der Waals surface area contributed by atoms with Crippen LogP contribution < -0.4 is 10.5 Å². The van der Waals surface area contributed by atoms with E-state index in [2.05, 4.69) is 22.2 Å². The summed E-state index contributed by atoms with van der Waals surface area (Å²) in [6.45, 7) is 7.65. The summed E-state index contributed by atoms with van der Waals surface area (Å²) in [6, 6.07) is 3.70. The molecule has 9 heteroatoms. The SMILES string of the molecule is CCOc1ccc(-n2ncc(C(=O)N3CC(CN)CC3C)c2C)nn1.Cl. The van der Waals surface area contributed by atoms with E-state index in [0.717, 1.165) is 12.1 Å². The number of amides is 1. The van der Waals surface area contributed by atoms with Gasteiger partial charge in [-0.3, -0.25) is 4.79 Å². The minimum Gasteiger partial charge on any atom is -0.477 e. The van der Waals surface area contributed by atoms with Crippen molar-refractivity contribution in [3.63, 3.8) is 0 Å². The van der Waals surface area contributed by atoms with Gasteiger partial charge in [0.05, 0.1) is 24.1 Å². The topological polar surface area (TPSA) is 99.2 Å². The van der Waals surface area contributed by atoms with E-state index in [1.807, 2.05) is 18.7 Å². The second-order valence-corrected chi connectivity index (χ2v) is 6.36. The maximum Gasteiger partial charge on any atom is 0.257 e. The molecular weight excluding hydrogens is 356 g/mol. The van der Waals surface area contributed by atoms with Crippen LogP contribution in [0.4, 0.5) is 0 Å². The van der Waals surface area contributed by atoms with E-state index in [0.29, 0.717) is 42.9 Å². The first-order valence-electron chi connectivity index (χ1n) is 8.57. The summed E-state index contributed by atoms with van der Waals surface area (Å²) in [4.78, 5) is 14.8. The fourth-order valence-corrected chi connectivity index (χ4v) is 3.25. The van der Waals surface area contributed by atoms with Gasteiger partial charge in [0.1, 0.15) is 0 Å². The Labute approximate surface area is 159 Å². The lowest BCUT2D eigenvalue weighted by atomic mass is 10.1. The Morgan fingerprint density at radius 1 is 1.38 bits per heavy atom. The first-order valence-corrected chi connectivity index (χ1v) is 8.57. The maximum absolute atomic E-state index is 12.9. The van der Waals surface area contributed by atoms with Gasteiger partial charge >= 0.3 is 0 Å². The smallest absolute Gasteiger partial charge is 0.257 e. The van der Waals surface area contributed by atoms with Crippen molar-refractivity contribution in [1.29, 1.82) is 0 Å². The number of nitrogens with two attached hydrogens (primary N) is 1. The van der Waals surface area contributed by atoms with Gasteiger partial charge in [0, 0.05) is 18.7 Å². The molecule has 2 N–H and O–H groups in total. The fourth-order valence-electron chi connectivity index (χ4n) is 3.25. The van der Waals surface area contributed by atoms with Crippen molar-refractivity contribution in [2.45, 2.75) is 33.2 Å². The normalized spacial score (nSPS) is 19.3.